The topological polar surface area (TPSA) is 57.7 Å². The Morgan fingerprint density at radius 3 is 2.31 bits per heavy atom. The van der Waals surface area contributed by atoms with E-state index in [9.17, 15) is 14.4 Å². The molecular formula is C27H17BrCl2N2O3. The van der Waals surface area contributed by atoms with E-state index in [-0.39, 0.29) is 11.7 Å². The molecule has 3 aliphatic heterocycles. The van der Waals surface area contributed by atoms with Gasteiger partial charge >= 0.3 is 0 Å². The van der Waals surface area contributed by atoms with Crippen molar-refractivity contribution in [1.82, 2.24) is 0 Å². The molecule has 5 nitrogen and oxygen atoms in total. The molecule has 0 radical (unpaired) electrons. The summed E-state index contributed by atoms with van der Waals surface area (Å²) in [4.78, 5) is 44.7. The fraction of sp³-hybridized carbons (Fsp3) is 0.148. The number of ketones is 1. The molecule has 0 N–H and O–H groups in total. The Labute approximate surface area is 220 Å². The number of benzene rings is 3. The minimum atomic E-state index is -0.867. The van der Waals surface area contributed by atoms with Crippen LogP contribution in [-0.2, 0) is 9.59 Å². The van der Waals surface area contributed by atoms with E-state index in [1.54, 1.807) is 60.7 Å². The first-order chi connectivity index (χ1) is 16.8. The molecule has 174 valence electrons. The number of carbonyl (C=O) groups is 3. The Hall–Kier alpha value is -2.93. The van der Waals surface area contributed by atoms with Gasteiger partial charge in [-0.3, -0.25) is 14.4 Å². The van der Waals surface area contributed by atoms with Crippen LogP contribution in [0.15, 0.2) is 77.3 Å². The Kier molecular flexibility index (Phi) is 5.36. The van der Waals surface area contributed by atoms with Crippen LogP contribution in [0, 0.1) is 11.8 Å². The number of anilines is 2. The van der Waals surface area contributed by atoms with Crippen LogP contribution < -0.4 is 9.80 Å². The number of hydrogen-bond acceptors (Lipinski definition) is 4. The number of imide groups is 1. The number of amides is 2. The van der Waals surface area contributed by atoms with E-state index in [1.807, 2.05) is 23.1 Å². The highest BCUT2D eigenvalue weighted by molar-refractivity contribution is 9.10. The van der Waals surface area contributed by atoms with Crippen LogP contribution in [0.4, 0.5) is 11.4 Å². The lowest BCUT2D eigenvalue weighted by atomic mass is 9.86. The van der Waals surface area contributed by atoms with Crippen LogP contribution >= 0.6 is 39.1 Å². The summed E-state index contributed by atoms with van der Waals surface area (Å²) in [6.45, 7) is 0. The zero-order chi connectivity index (χ0) is 24.4. The summed E-state index contributed by atoms with van der Waals surface area (Å²) in [6.07, 6.45) is 3.84. The zero-order valence-electron chi connectivity index (χ0n) is 18.1. The second kappa shape index (κ2) is 8.33. The predicted octanol–water partition coefficient (Wildman–Crippen LogP) is 6.03. The number of hydrogen-bond donors (Lipinski definition) is 0. The molecule has 0 saturated carbocycles. The first kappa shape index (κ1) is 22.5. The van der Waals surface area contributed by atoms with Crippen molar-refractivity contribution in [3.63, 3.8) is 0 Å². The van der Waals surface area contributed by atoms with Gasteiger partial charge in [-0.05, 0) is 48.0 Å². The van der Waals surface area contributed by atoms with Gasteiger partial charge in [-0.15, -0.1) is 0 Å². The van der Waals surface area contributed by atoms with Gasteiger partial charge in [0.15, 0.2) is 5.78 Å². The fourth-order valence-electron chi connectivity index (χ4n) is 5.49. The molecule has 3 aliphatic rings. The predicted molar refractivity (Wildman–Crippen MR) is 140 cm³/mol. The zero-order valence-corrected chi connectivity index (χ0v) is 21.2. The number of carbonyl (C=O) groups excluding carboxylic acids is 3. The van der Waals surface area contributed by atoms with E-state index in [4.69, 9.17) is 23.2 Å². The molecule has 0 bridgehead atoms. The Balaban J connectivity index is 1.51. The van der Waals surface area contributed by atoms with Crippen LogP contribution in [0.3, 0.4) is 0 Å². The summed E-state index contributed by atoms with van der Waals surface area (Å²) in [5.41, 5.74) is 2.50. The molecule has 4 atom stereocenters. The average Bonchev–Trinajstić information content (AvgIpc) is 3.32. The van der Waals surface area contributed by atoms with Gasteiger partial charge in [-0.25, -0.2) is 4.90 Å². The van der Waals surface area contributed by atoms with E-state index < -0.39 is 29.8 Å². The molecule has 3 aromatic rings. The van der Waals surface area contributed by atoms with E-state index >= 15 is 0 Å². The third-order valence-electron chi connectivity index (χ3n) is 6.93. The van der Waals surface area contributed by atoms with Crippen molar-refractivity contribution in [2.24, 2.45) is 11.8 Å². The smallest absolute Gasteiger partial charge is 0.240 e. The van der Waals surface area contributed by atoms with E-state index in [0.29, 0.717) is 21.3 Å². The molecule has 0 aromatic heterocycles. The SMILES string of the molecule is O=C(c1ccc(Br)cc1)[C@@H]1[C@@H]2C(=O)N(c3cccc(Cl)c3)C(=O)[C@H]2[C@H]2C=Cc3ccc(Cl)cc3N21. The number of fused-ring (bicyclic) bond motifs is 5. The lowest BCUT2D eigenvalue weighted by Crippen LogP contribution is -2.48. The standard InChI is InChI=1S/C27H17BrCl2N2O3/c28-16-8-4-15(5-9-16)25(33)24-23-22(20-11-7-14-6-10-18(30)13-21(14)32(20)24)26(34)31(27(23)35)19-3-1-2-17(29)12-19/h1-13,20,22-24H/t20-,22+,23-,24+/m1/s1. The molecule has 2 fully saturated rings. The van der Waals surface area contributed by atoms with Crippen LogP contribution in [0.25, 0.3) is 6.08 Å². The molecule has 0 unspecified atom stereocenters. The van der Waals surface area contributed by atoms with Gasteiger partial charge in [0.1, 0.15) is 6.04 Å². The highest BCUT2D eigenvalue weighted by Gasteiger charge is 2.64. The minimum absolute atomic E-state index is 0.217. The van der Waals surface area contributed by atoms with Crippen molar-refractivity contribution in [1.29, 1.82) is 0 Å². The molecule has 3 heterocycles. The highest BCUT2D eigenvalue weighted by Crippen LogP contribution is 2.50. The maximum absolute atomic E-state index is 14.0. The van der Waals surface area contributed by atoms with E-state index in [2.05, 4.69) is 15.9 Å². The van der Waals surface area contributed by atoms with Crippen molar-refractivity contribution >= 4 is 74.2 Å². The van der Waals surface area contributed by atoms with Gasteiger partial charge in [-0.2, -0.15) is 0 Å². The molecule has 2 saturated heterocycles. The average molecular weight is 568 g/mol. The number of halogens is 3. The third-order valence-corrected chi connectivity index (χ3v) is 7.93. The minimum Gasteiger partial charge on any atom is -0.352 e. The lowest BCUT2D eigenvalue weighted by Gasteiger charge is -2.36. The van der Waals surface area contributed by atoms with E-state index in [0.717, 1.165) is 15.7 Å². The Morgan fingerprint density at radius 1 is 0.857 bits per heavy atom. The van der Waals surface area contributed by atoms with Gasteiger partial charge in [0.25, 0.3) is 0 Å². The summed E-state index contributed by atoms with van der Waals surface area (Å²) < 4.78 is 0.841. The molecule has 35 heavy (non-hydrogen) atoms. The quantitative estimate of drug-likeness (QED) is 0.286. The summed E-state index contributed by atoms with van der Waals surface area (Å²) in [7, 11) is 0. The van der Waals surface area contributed by atoms with E-state index in [1.165, 1.54) is 4.90 Å². The van der Waals surface area contributed by atoms with Crippen molar-refractivity contribution in [3.8, 4) is 0 Å². The Morgan fingerprint density at radius 2 is 1.57 bits per heavy atom. The molecule has 0 aliphatic carbocycles. The number of Topliss-reactive ketones (excluding diaryl/α,β-unsaturated/α-hetero) is 1. The van der Waals surface area contributed by atoms with Crippen LogP contribution in [0.2, 0.25) is 10.0 Å². The molecule has 0 spiro atoms. The second-order valence-electron chi connectivity index (χ2n) is 8.82. The third kappa shape index (κ3) is 3.46. The van der Waals surface area contributed by atoms with Crippen LogP contribution in [0.1, 0.15) is 15.9 Å². The van der Waals surface area contributed by atoms with Crippen molar-refractivity contribution in [2.75, 3.05) is 9.80 Å². The number of nitrogens with zero attached hydrogens (tertiary/aromatic N) is 2. The second-order valence-corrected chi connectivity index (χ2v) is 10.6. The van der Waals surface area contributed by atoms with Crippen molar-refractivity contribution in [2.45, 2.75) is 12.1 Å². The highest BCUT2D eigenvalue weighted by atomic mass is 79.9. The van der Waals surface area contributed by atoms with Gasteiger partial charge < -0.3 is 4.90 Å². The van der Waals surface area contributed by atoms with Crippen LogP contribution in [-0.4, -0.2) is 29.7 Å². The molecular weight excluding hydrogens is 551 g/mol. The van der Waals surface area contributed by atoms with Gasteiger partial charge in [0.05, 0.1) is 23.6 Å². The van der Waals surface area contributed by atoms with Gasteiger partial charge in [0.2, 0.25) is 11.8 Å². The normalized spacial score (nSPS) is 24.4. The fourth-order valence-corrected chi connectivity index (χ4v) is 6.10. The molecule has 6 rings (SSSR count). The maximum Gasteiger partial charge on any atom is 0.240 e. The van der Waals surface area contributed by atoms with Gasteiger partial charge in [0, 0.05) is 25.8 Å². The largest absolute Gasteiger partial charge is 0.352 e. The monoisotopic (exact) mass is 566 g/mol. The summed E-state index contributed by atoms with van der Waals surface area (Å²) in [6, 6.07) is 17.8. The molecule has 8 heteroatoms. The summed E-state index contributed by atoms with van der Waals surface area (Å²) in [5, 5.41) is 0.938. The molecule has 3 aromatic carbocycles. The summed E-state index contributed by atoms with van der Waals surface area (Å²) >= 11 is 15.9. The molecule has 2 amide bonds. The lowest BCUT2D eigenvalue weighted by molar-refractivity contribution is -0.122. The Bertz CT molecular complexity index is 1440. The van der Waals surface area contributed by atoms with Gasteiger partial charge in [-0.1, -0.05) is 75.5 Å². The van der Waals surface area contributed by atoms with Crippen molar-refractivity contribution in [3.05, 3.63) is 98.5 Å². The first-order valence-electron chi connectivity index (χ1n) is 11.0. The van der Waals surface area contributed by atoms with Crippen LogP contribution in [0.5, 0.6) is 0 Å². The first-order valence-corrected chi connectivity index (χ1v) is 12.6. The number of rotatable bonds is 3. The van der Waals surface area contributed by atoms with Crippen molar-refractivity contribution < 1.29 is 14.4 Å². The summed E-state index contributed by atoms with van der Waals surface area (Å²) in [5.74, 6) is -2.51. The maximum atomic E-state index is 14.0.